The maximum atomic E-state index is 4.90. The van der Waals surface area contributed by atoms with E-state index in [1.807, 2.05) is 36.4 Å². The molecule has 0 bridgehead atoms. The third-order valence-electron chi connectivity index (χ3n) is 4.75. The molecule has 4 aromatic rings. The van der Waals surface area contributed by atoms with E-state index in [-0.39, 0.29) is 5.41 Å². The Morgan fingerprint density at radius 2 is 1.36 bits per heavy atom. The lowest BCUT2D eigenvalue weighted by Gasteiger charge is -2.19. The minimum absolute atomic E-state index is 0.149. The van der Waals surface area contributed by atoms with E-state index in [1.54, 1.807) is 11.3 Å². The van der Waals surface area contributed by atoms with Crippen LogP contribution in [0.25, 0.3) is 16.9 Å². The van der Waals surface area contributed by atoms with E-state index in [9.17, 15) is 0 Å². The van der Waals surface area contributed by atoms with Gasteiger partial charge in [0.15, 0.2) is 4.80 Å². The highest BCUT2D eigenvalue weighted by Gasteiger charge is 2.15. The molecule has 0 saturated carbocycles. The average molecular weight is 385 g/mol. The van der Waals surface area contributed by atoms with Crippen molar-refractivity contribution in [2.45, 2.75) is 26.2 Å². The first-order valence-electron chi connectivity index (χ1n) is 9.49. The molecule has 2 nitrogen and oxygen atoms in total. The van der Waals surface area contributed by atoms with Gasteiger partial charge in [0, 0.05) is 11.1 Å². The van der Waals surface area contributed by atoms with Crippen LogP contribution in [-0.4, -0.2) is 4.57 Å². The Morgan fingerprint density at radius 1 is 0.750 bits per heavy atom. The SMILES string of the molecule is CC(C)(C)c1ccc(-c2csc(=Nc3ccccc3)n2-c2ccccc2)cc1. The summed E-state index contributed by atoms with van der Waals surface area (Å²) in [5, 5.41) is 2.20. The Morgan fingerprint density at radius 3 is 1.96 bits per heavy atom. The van der Waals surface area contributed by atoms with Crippen LogP contribution in [0.5, 0.6) is 0 Å². The number of benzene rings is 3. The van der Waals surface area contributed by atoms with Crippen LogP contribution in [0.15, 0.2) is 95.3 Å². The lowest BCUT2D eigenvalue weighted by atomic mass is 9.86. The van der Waals surface area contributed by atoms with Crippen LogP contribution >= 0.6 is 11.3 Å². The maximum Gasteiger partial charge on any atom is 0.195 e. The highest BCUT2D eigenvalue weighted by atomic mass is 32.1. The van der Waals surface area contributed by atoms with E-state index in [1.165, 1.54) is 11.1 Å². The quantitative estimate of drug-likeness (QED) is 0.372. The summed E-state index contributed by atoms with van der Waals surface area (Å²) in [4.78, 5) is 5.87. The summed E-state index contributed by atoms with van der Waals surface area (Å²) in [5.41, 5.74) is 5.93. The molecule has 0 fully saturated rings. The highest BCUT2D eigenvalue weighted by molar-refractivity contribution is 7.07. The van der Waals surface area contributed by atoms with Crippen molar-refractivity contribution in [3.8, 4) is 16.9 Å². The second kappa shape index (κ2) is 7.61. The lowest BCUT2D eigenvalue weighted by molar-refractivity contribution is 0.590. The van der Waals surface area contributed by atoms with E-state index < -0.39 is 0 Å². The smallest absolute Gasteiger partial charge is 0.195 e. The van der Waals surface area contributed by atoms with E-state index >= 15 is 0 Å². The lowest BCUT2D eigenvalue weighted by Crippen LogP contribution is -2.14. The van der Waals surface area contributed by atoms with Gasteiger partial charge in [-0.25, -0.2) is 4.99 Å². The molecule has 4 rings (SSSR count). The number of para-hydroxylation sites is 2. The fraction of sp³-hybridized carbons (Fsp3) is 0.160. The Balaban J connectivity index is 1.88. The number of hydrogen-bond acceptors (Lipinski definition) is 2. The highest BCUT2D eigenvalue weighted by Crippen LogP contribution is 2.28. The summed E-state index contributed by atoms with van der Waals surface area (Å²) < 4.78 is 2.24. The fourth-order valence-electron chi connectivity index (χ4n) is 3.17. The molecule has 0 aliphatic carbocycles. The third kappa shape index (κ3) is 3.85. The number of rotatable bonds is 3. The van der Waals surface area contributed by atoms with Crippen LogP contribution in [0.4, 0.5) is 5.69 Å². The van der Waals surface area contributed by atoms with Gasteiger partial charge in [0.05, 0.1) is 11.4 Å². The van der Waals surface area contributed by atoms with Crippen LogP contribution in [0.2, 0.25) is 0 Å². The molecule has 0 N–H and O–H groups in total. The minimum Gasteiger partial charge on any atom is -0.285 e. The maximum absolute atomic E-state index is 4.90. The van der Waals surface area contributed by atoms with Gasteiger partial charge < -0.3 is 0 Å². The summed E-state index contributed by atoms with van der Waals surface area (Å²) in [5.74, 6) is 0. The molecule has 0 radical (unpaired) electrons. The predicted molar refractivity (Wildman–Crippen MR) is 119 cm³/mol. The van der Waals surface area contributed by atoms with Crippen LogP contribution in [0.3, 0.4) is 0 Å². The zero-order valence-corrected chi connectivity index (χ0v) is 17.3. The molecule has 1 heterocycles. The molecule has 0 aliphatic heterocycles. The Labute approximate surface area is 170 Å². The van der Waals surface area contributed by atoms with Crippen LogP contribution in [-0.2, 0) is 5.41 Å². The van der Waals surface area contributed by atoms with Crippen molar-refractivity contribution in [2.24, 2.45) is 4.99 Å². The standard InChI is InChI=1S/C25H24N2S/c1-25(2,3)20-16-14-19(15-17-20)23-18-28-24(26-21-10-6-4-7-11-21)27(23)22-12-8-5-9-13-22/h4-18H,1-3H3. The van der Waals surface area contributed by atoms with Gasteiger partial charge in [-0.1, -0.05) is 81.4 Å². The second-order valence-corrected chi connectivity index (χ2v) is 8.69. The molecule has 0 spiro atoms. The van der Waals surface area contributed by atoms with Crippen molar-refractivity contribution in [3.63, 3.8) is 0 Å². The van der Waals surface area contributed by atoms with E-state index in [4.69, 9.17) is 4.99 Å². The average Bonchev–Trinajstić information content (AvgIpc) is 3.12. The predicted octanol–water partition coefficient (Wildman–Crippen LogP) is 6.74. The first kappa shape index (κ1) is 18.5. The molecule has 140 valence electrons. The van der Waals surface area contributed by atoms with Gasteiger partial charge in [-0.15, -0.1) is 11.3 Å². The number of nitrogens with zero attached hydrogens (tertiary/aromatic N) is 2. The normalized spacial score (nSPS) is 12.3. The molecule has 0 unspecified atom stereocenters. The van der Waals surface area contributed by atoms with E-state index in [0.717, 1.165) is 21.9 Å². The molecule has 1 aromatic heterocycles. The Kier molecular flexibility index (Phi) is 5.01. The molecule has 0 amide bonds. The van der Waals surface area contributed by atoms with E-state index in [0.29, 0.717) is 0 Å². The van der Waals surface area contributed by atoms with Gasteiger partial charge in [-0.2, -0.15) is 0 Å². The second-order valence-electron chi connectivity index (χ2n) is 7.85. The van der Waals surface area contributed by atoms with Crippen molar-refractivity contribution >= 4 is 17.0 Å². The Hall–Kier alpha value is -2.91. The van der Waals surface area contributed by atoms with Gasteiger partial charge in [0.1, 0.15) is 0 Å². The Bertz CT molecular complexity index is 1110. The molecular formula is C25H24N2S. The van der Waals surface area contributed by atoms with Crippen molar-refractivity contribution in [1.82, 2.24) is 4.57 Å². The summed E-state index contributed by atoms with van der Waals surface area (Å²) in [7, 11) is 0. The first-order valence-corrected chi connectivity index (χ1v) is 10.4. The zero-order chi connectivity index (χ0) is 19.6. The summed E-state index contributed by atoms with van der Waals surface area (Å²) in [6.07, 6.45) is 0. The largest absolute Gasteiger partial charge is 0.285 e. The third-order valence-corrected chi connectivity index (χ3v) is 5.58. The van der Waals surface area contributed by atoms with Gasteiger partial charge in [0.2, 0.25) is 0 Å². The molecule has 0 aliphatic rings. The zero-order valence-electron chi connectivity index (χ0n) is 16.5. The summed E-state index contributed by atoms with van der Waals surface area (Å²) in [6, 6.07) is 29.5. The van der Waals surface area contributed by atoms with Crippen LogP contribution in [0, 0.1) is 0 Å². The van der Waals surface area contributed by atoms with Crippen LogP contribution < -0.4 is 4.80 Å². The molecule has 28 heavy (non-hydrogen) atoms. The number of thiazole rings is 1. The van der Waals surface area contributed by atoms with Gasteiger partial charge >= 0.3 is 0 Å². The fourth-order valence-corrected chi connectivity index (χ4v) is 4.10. The van der Waals surface area contributed by atoms with Crippen molar-refractivity contribution < 1.29 is 0 Å². The summed E-state index contributed by atoms with van der Waals surface area (Å²) in [6.45, 7) is 6.73. The topological polar surface area (TPSA) is 17.3 Å². The molecule has 0 atom stereocenters. The van der Waals surface area contributed by atoms with Gasteiger partial charge in [0.25, 0.3) is 0 Å². The van der Waals surface area contributed by atoms with Crippen molar-refractivity contribution in [2.75, 3.05) is 0 Å². The van der Waals surface area contributed by atoms with Gasteiger partial charge in [-0.05, 0) is 40.8 Å². The molecule has 3 heteroatoms. The first-order chi connectivity index (χ1) is 13.5. The monoisotopic (exact) mass is 384 g/mol. The number of hydrogen-bond donors (Lipinski definition) is 0. The minimum atomic E-state index is 0.149. The summed E-state index contributed by atoms with van der Waals surface area (Å²) >= 11 is 1.67. The van der Waals surface area contributed by atoms with Crippen molar-refractivity contribution in [3.05, 3.63) is 101 Å². The number of aromatic nitrogens is 1. The molecular weight excluding hydrogens is 360 g/mol. The van der Waals surface area contributed by atoms with E-state index in [2.05, 4.69) is 79.2 Å². The molecule has 3 aromatic carbocycles. The molecule has 0 saturated heterocycles. The van der Waals surface area contributed by atoms with Crippen molar-refractivity contribution in [1.29, 1.82) is 0 Å². The van der Waals surface area contributed by atoms with Gasteiger partial charge in [-0.3, -0.25) is 4.57 Å². The van der Waals surface area contributed by atoms with Crippen LogP contribution in [0.1, 0.15) is 26.3 Å².